The van der Waals surface area contributed by atoms with E-state index in [0.717, 1.165) is 5.69 Å². The zero-order chi connectivity index (χ0) is 22.6. The van der Waals surface area contributed by atoms with Crippen LogP contribution in [-0.4, -0.2) is 62.7 Å². The standard InChI is InChI=1S/C21H25ClN2O6S/c1-15(2)30-17-4-6-18(7-5-17)31(27,28)24-11-9-23(10-12-24)16-3-8-19(22)20(13-16)29-14-21(25)26/h3-8,13,15H,9-12,14H2,1-2H3,(H,25,26). The number of aliphatic carboxylic acids is 1. The van der Waals surface area contributed by atoms with Crippen molar-refractivity contribution in [3.8, 4) is 11.5 Å². The molecule has 31 heavy (non-hydrogen) atoms. The van der Waals surface area contributed by atoms with Crippen LogP contribution in [0.4, 0.5) is 5.69 Å². The van der Waals surface area contributed by atoms with Gasteiger partial charge in [-0.1, -0.05) is 11.6 Å². The van der Waals surface area contributed by atoms with Crippen LogP contribution in [0.5, 0.6) is 11.5 Å². The van der Waals surface area contributed by atoms with Gasteiger partial charge in [0.05, 0.1) is 16.0 Å². The van der Waals surface area contributed by atoms with E-state index >= 15 is 0 Å². The van der Waals surface area contributed by atoms with Gasteiger partial charge in [-0.2, -0.15) is 4.31 Å². The maximum atomic E-state index is 13.0. The largest absolute Gasteiger partial charge is 0.491 e. The molecule has 0 atom stereocenters. The molecule has 2 aromatic rings. The van der Waals surface area contributed by atoms with Crippen molar-refractivity contribution in [2.24, 2.45) is 0 Å². The van der Waals surface area contributed by atoms with E-state index in [1.807, 2.05) is 18.7 Å². The van der Waals surface area contributed by atoms with Gasteiger partial charge in [0.1, 0.15) is 11.5 Å². The number of anilines is 1. The first-order valence-electron chi connectivity index (χ1n) is 9.83. The van der Waals surface area contributed by atoms with Gasteiger partial charge in [0.25, 0.3) is 0 Å². The zero-order valence-electron chi connectivity index (χ0n) is 17.3. The number of ether oxygens (including phenoxy) is 2. The summed E-state index contributed by atoms with van der Waals surface area (Å²) < 4.78 is 38.2. The van der Waals surface area contributed by atoms with E-state index in [0.29, 0.717) is 37.0 Å². The molecule has 0 aromatic heterocycles. The van der Waals surface area contributed by atoms with Gasteiger partial charge in [-0.3, -0.25) is 0 Å². The molecule has 0 amide bonds. The number of halogens is 1. The molecule has 2 aromatic carbocycles. The molecule has 0 radical (unpaired) electrons. The predicted molar refractivity (Wildman–Crippen MR) is 118 cm³/mol. The van der Waals surface area contributed by atoms with E-state index in [-0.39, 0.29) is 16.7 Å². The first kappa shape index (κ1) is 23.2. The average Bonchev–Trinajstić information content (AvgIpc) is 2.73. The van der Waals surface area contributed by atoms with Crippen molar-refractivity contribution in [2.75, 3.05) is 37.7 Å². The van der Waals surface area contributed by atoms with E-state index in [1.165, 1.54) is 4.31 Å². The van der Waals surface area contributed by atoms with Crippen LogP contribution >= 0.6 is 11.6 Å². The van der Waals surface area contributed by atoms with Crippen LogP contribution in [0.15, 0.2) is 47.4 Å². The highest BCUT2D eigenvalue weighted by Gasteiger charge is 2.29. The molecule has 10 heteroatoms. The van der Waals surface area contributed by atoms with Crippen molar-refractivity contribution in [2.45, 2.75) is 24.8 Å². The van der Waals surface area contributed by atoms with Gasteiger partial charge in [0.15, 0.2) is 6.61 Å². The fourth-order valence-electron chi connectivity index (χ4n) is 3.24. The molecule has 0 unspecified atom stereocenters. The van der Waals surface area contributed by atoms with Gasteiger partial charge < -0.3 is 19.5 Å². The van der Waals surface area contributed by atoms with Gasteiger partial charge in [0, 0.05) is 37.9 Å². The summed E-state index contributed by atoms with van der Waals surface area (Å²) in [5, 5.41) is 9.10. The third-order valence-electron chi connectivity index (χ3n) is 4.70. The van der Waals surface area contributed by atoms with Crippen LogP contribution in [0.25, 0.3) is 0 Å². The quantitative estimate of drug-likeness (QED) is 0.635. The van der Waals surface area contributed by atoms with Crippen molar-refractivity contribution in [1.29, 1.82) is 0 Å². The Morgan fingerprint density at radius 2 is 1.74 bits per heavy atom. The lowest BCUT2D eigenvalue weighted by molar-refractivity contribution is -0.139. The number of sulfonamides is 1. The molecule has 1 saturated heterocycles. The van der Waals surface area contributed by atoms with E-state index in [1.54, 1.807) is 42.5 Å². The predicted octanol–water partition coefficient (Wildman–Crippen LogP) is 3.10. The van der Waals surface area contributed by atoms with Crippen LogP contribution in [0.2, 0.25) is 5.02 Å². The number of benzene rings is 2. The lowest BCUT2D eigenvalue weighted by Crippen LogP contribution is -2.48. The number of carboxylic acid groups (broad SMARTS) is 1. The topological polar surface area (TPSA) is 96.4 Å². The molecule has 0 bridgehead atoms. The summed E-state index contributed by atoms with van der Waals surface area (Å²) in [6.07, 6.45) is 0.0124. The Morgan fingerprint density at radius 1 is 1.10 bits per heavy atom. The molecule has 1 heterocycles. The summed E-state index contributed by atoms with van der Waals surface area (Å²) in [4.78, 5) is 13.0. The van der Waals surface area contributed by atoms with Crippen LogP contribution < -0.4 is 14.4 Å². The van der Waals surface area contributed by atoms with Crippen molar-refractivity contribution in [3.63, 3.8) is 0 Å². The van der Waals surface area contributed by atoms with Gasteiger partial charge in [-0.05, 0) is 50.2 Å². The van der Waals surface area contributed by atoms with Gasteiger partial charge in [-0.15, -0.1) is 0 Å². The fraction of sp³-hybridized carbons (Fsp3) is 0.381. The highest BCUT2D eigenvalue weighted by Crippen LogP contribution is 2.31. The van der Waals surface area contributed by atoms with E-state index in [9.17, 15) is 13.2 Å². The number of hydrogen-bond acceptors (Lipinski definition) is 6. The Morgan fingerprint density at radius 3 is 2.32 bits per heavy atom. The average molecular weight is 469 g/mol. The number of piperazine rings is 1. The van der Waals surface area contributed by atoms with Crippen molar-refractivity contribution >= 4 is 33.3 Å². The molecule has 1 aliphatic rings. The Balaban J connectivity index is 1.66. The lowest BCUT2D eigenvalue weighted by Gasteiger charge is -2.35. The minimum absolute atomic E-state index is 0.0124. The molecule has 8 nitrogen and oxygen atoms in total. The number of carbonyl (C=O) groups is 1. The fourth-order valence-corrected chi connectivity index (χ4v) is 4.83. The highest BCUT2D eigenvalue weighted by atomic mass is 35.5. The molecule has 168 valence electrons. The smallest absolute Gasteiger partial charge is 0.341 e. The van der Waals surface area contributed by atoms with Gasteiger partial charge in [-0.25, -0.2) is 13.2 Å². The first-order valence-corrected chi connectivity index (χ1v) is 11.6. The molecule has 1 N–H and O–H groups in total. The maximum Gasteiger partial charge on any atom is 0.341 e. The summed E-state index contributed by atoms with van der Waals surface area (Å²) in [5.74, 6) is -0.188. The Hall–Kier alpha value is -2.49. The second kappa shape index (κ2) is 9.76. The van der Waals surface area contributed by atoms with Gasteiger partial charge in [0.2, 0.25) is 10.0 Å². The second-order valence-corrected chi connectivity index (χ2v) is 9.67. The van der Waals surface area contributed by atoms with Crippen LogP contribution in [0.1, 0.15) is 13.8 Å². The second-order valence-electron chi connectivity index (χ2n) is 7.33. The first-order chi connectivity index (χ1) is 14.7. The molecular formula is C21H25ClN2O6S. The molecule has 0 aliphatic carbocycles. The van der Waals surface area contributed by atoms with Crippen molar-refractivity contribution < 1.29 is 27.8 Å². The Bertz CT molecular complexity index is 1020. The summed E-state index contributed by atoms with van der Waals surface area (Å²) in [7, 11) is -3.61. The number of carboxylic acids is 1. The molecular weight excluding hydrogens is 444 g/mol. The molecule has 1 aliphatic heterocycles. The van der Waals surface area contributed by atoms with Crippen LogP contribution in [0.3, 0.4) is 0 Å². The molecule has 3 rings (SSSR count). The normalized spacial score (nSPS) is 15.2. The number of hydrogen-bond donors (Lipinski definition) is 1. The molecule has 0 spiro atoms. The Labute approximate surface area is 187 Å². The Kier molecular flexibility index (Phi) is 7.30. The third-order valence-corrected chi connectivity index (χ3v) is 6.93. The third kappa shape index (κ3) is 5.81. The summed E-state index contributed by atoms with van der Waals surface area (Å²) in [5.41, 5.74) is 0.789. The van der Waals surface area contributed by atoms with Crippen LogP contribution in [0, 0.1) is 0 Å². The van der Waals surface area contributed by atoms with Gasteiger partial charge >= 0.3 is 5.97 Å². The van der Waals surface area contributed by atoms with Crippen molar-refractivity contribution in [3.05, 3.63) is 47.5 Å². The summed E-state index contributed by atoms with van der Waals surface area (Å²) in [6.45, 7) is 4.93. The molecule has 0 saturated carbocycles. The van der Waals surface area contributed by atoms with E-state index in [4.69, 9.17) is 26.2 Å². The lowest BCUT2D eigenvalue weighted by atomic mass is 10.2. The minimum Gasteiger partial charge on any atom is -0.491 e. The maximum absolute atomic E-state index is 13.0. The van der Waals surface area contributed by atoms with Crippen molar-refractivity contribution in [1.82, 2.24) is 4.31 Å². The number of nitrogens with zero attached hydrogens (tertiary/aromatic N) is 2. The number of rotatable bonds is 8. The minimum atomic E-state index is -3.61. The van der Waals surface area contributed by atoms with Crippen LogP contribution in [-0.2, 0) is 14.8 Å². The monoisotopic (exact) mass is 468 g/mol. The van der Waals surface area contributed by atoms with E-state index in [2.05, 4.69) is 0 Å². The summed E-state index contributed by atoms with van der Waals surface area (Å²) >= 11 is 6.08. The summed E-state index contributed by atoms with van der Waals surface area (Å²) in [6, 6.07) is 11.6. The van der Waals surface area contributed by atoms with E-state index < -0.39 is 22.6 Å². The zero-order valence-corrected chi connectivity index (χ0v) is 18.9. The highest BCUT2D eigenvalue weighted by molar-refractivity contribution is 7.89. The SMILES string of the molecule is CC(C)Oc1ccc(S(=O)(=O)N2CCN(c3ccc(Cl)c(OCC(=O)O)c3)CC2)cc1. The molecule has 1 fully saturated rings.